The lowest BCUT2D eigenvalue weighted by atomic mass is 10.1. The molecule has 8 nitrogen and oxygen atoms in total. The molecule has 1 atom stereocenters. The normalized spacial score (nSPS) is 12.0. The molecule has 0 bridgehead atoms. The molecule has 0 spiro atoms. The number of anilines is 1. The van der Waals surface area contributed by atoms with Gasteiger partial charge >= 0.3 is 0 Å². The summed E-state index contributed by atoms with van der Waals surface area (Å²) < 4.78 is 34.7. The minimum Gasteiger partial charge on any atom is -0.492 e. The van der Waals surface area contributed by atoms with Crippen LogP contribution in [0.3, 0.4) is 0 Å². The first-order valence-electron chi connectivity index (χ1n) is 13.6. The summed E-state index contributed by atoms with van der Waals surface area (Å²) in [6.07, 6.45) is 0.509. The second-order valence-electron chi connectivity index (χ2n) is 9.86. The molecule has 0 aliphatic carbocycles. The molecule has 0 aliphatic rings. The van der Waals surface area contributed by atoms with Gasteiger partial charge in [-0.15, -0.1) is 0 Å². The number of ether oxygens (including phenoxy) is 1. The Morgan fingerprint density at radius 3 is 2.10 bits per heavy atom. The van der Waals surface area contributed by atoms with Crippen LogP contribution in [0.15, 0.2) is 89.8 Å². The van der Waals surface area contributed by atoms with Crippen molar-refractivity contribution in [3.8, 4) is 5.75 Å². The van der Waals surface area contributed by atoms with E-state index in [2.05, 4.69) is 5.32 Å². The molecule has 0 radical (unpaired) electrons. The SMILES string of the molecule is CCOc1ccccc1N(CC(=O)N(CCc1ccccc1)[C@H](C)C(=O)NCC(C)C)S(=O)(=O)c1ccccc1. The van der Waals surface area contributed by atoms with Crippen molar-refractivity contribution >= 4 is 27.5 Å². The van der Waals surface area contributed by atoms with Crippen molar-refractivity contribution in [1.82, 2.24) is 10.2 Å². The number of nitrogens with zero attached hydrogens (tertiary/aromatic N) is 2. The molecule has 3 aromatic rings. The van der Waals surface area contributed by atoms with Crippen LogP contribution in [-0.4, -0.2) is 57.4 Å². The average Bonchev–Trinajstić information content (AvgIpc) is 2.96. The zero-order chi connectivity index (χ0) is 29.1. The Bertz CT molecular complexity index is 1350. The van der Waals surface area contributed by atoms with Crippen molar-refractivity contribution in [3.05, 3.63) is 90.5 Å². The molecule has 0 aromatic heterocycles. The first kappa shape index (κ1) is 30.7. The van der Waals surface area contributed by atoms with E-state index in [9.17, 15) is 18.0 Å². The number of hydrogen-bond acceptors (Lipinski definition) is 5. The van der Waals surface area contributed by atoms with Gasteiger partial charge in [0, 0.05) is 13.1 Å². The summed E-state index contributed by atoms with van der Waals surface area (Å²) in [5, 5.41) is 2.90. The zero-order valence-corrected chi connectivity index (χ0v) is 24.4. The third-order valence-corrected chi connectivity index (χ3v) is 8.15. The van der Waals surface area contributed by atoms with Crippen LogP contribution in [0.4, 0.5) is 5.69 Å². The number of hydrogen-bond donors (Lipinski definition) is 1. The minimum absolute atomic E-state index is 0.0488. The van der Waals surface area contributed by atoms with Gasteiger partial charge in [0.1, 0.15) is 18.3 Å². The fourth-order valence-corrected chi connectivity index (χ4v) is 5.64. The predicted molar refractivity (Wildman–Crippen MR) is 158 cm³/mol. The first-order valence-corrected chi connectivity index (χ1v) is 15.0. The molecule has 1 N–H and O–H groups in total. The number of amides is 2. The Morgan fingerprint density at radius 1 is 0.875 bits per heavy atom. The van der Waals surface area contributed by atoms with Crippen LogP contribution in [0.1, 0.15) is 33.3 Å². The largest absolute Gasteiger partial charge is 0.492 e. The molecule has 214 valence electrons. The van der Waals surface area contributed by atoms with Crippen LogP contribution >= 0.6 is 0 Å². The summed E-state index contributed by atoms with van der Waals surface area (Å²) in [5.74, 6) is -0.196. The van der Waals surface area contributed by atoms with Gasteiger partial charge in [-0.05, 0) is 56.0 Å². The van der Waals surface area contributed by atoms with E-state index in [1.807, 2.05) is 44.2 Å². The predicted octanol–water partition coefficient (Wildman–Crippen LogP) is 4.51. The van der Waals surface area contributed by atoms with Crippen LogP contribution < -0.4 is 14.4 Å². The summed E-state index contributed by atoms with van der Waals surface area (Å²) >= 11 is 0. The maximum absolute atomic E-state index is 14.0. The van der Waals surface area contributed by atoms with E-state index < -0.39 is 28.5 Å². The monoisotopic (exact) mass is 565 g/mol. The van der Waals surface area contributed by atoms with Gasteiger partial charge in [-0.25, -0.2) is 8.42 Å². The summed E-state index contributed by atoms with van der Waals surface area (Å²) in [5.41, 5.74) is 1.26. The zero-order valence-electron chi connectivity index (χ0n) is 23.6. The second-order valence-corrected chi connectivity index (χ2v) is 11.7. The summed E-state index contributed by atoms with van der Waals surface area (Å²) in [6, 6.07) is 23.6. The average molecular weight is 566 g/mol. The van der Waals surface area contributed by atoms with Crippen LogP contribution in [0.2, 0.25) is 0 Å². The lowest BCUT2D eigenvalue weighted by Crippen LogP contribution is -2.52. The third kappa shape index (κ3) is 8.08. The molecular weight excluding hydrogens is 526 g/mol. The molecule has 0 heterocycles. The highest BCUT2D eigenvalue weighted by atomic mass is 32.2. The Kier molecular flexibility index (Phi) is 11.1. The number of benzene rings is 3. The van der Waals surface area contributed by atoms with E-state index in [1.165, 1.54) is 17.0 Å². The molecule has 9 heteroatoms. The van der Waals surface area contributed by atoms with Crippen LogP contribution in [0, 0.1) is 5.92 Å². The maximum Gasteiger partial charge on any atom is 0.264 e. The highest BCUT2D eigenvalue weighted by Crippen LogP contribution is 2.32. The van der Waals surface area contributed by atoms with E-state index in [-0.39, 0.29) is 29.0 Å². The molecule has 0 unspecified atom stereocenters. The van der Waals surface area contributed by atoms with E-state index >= 15 is 0 Å². The number of sulfonamides is 1. The van der Waals surface area contributed by atoms with Gasteiger partial charge in [0.15, 0.2) is 0 Å². The topological polar surface area (TPSA) is 96.0 Å². The van der Waals surface area contributed by atoms with Crippen molar-refractivity contribution in [1.29, 1.82) is 0 Å². The molecule has 40 heavy (non-hydrogen) atoms. The molecular formula is C31H39N3O5S. The fourth-order valence-electron chi connectivity index (χ4n) is 4.20. The van der Waals surface area contributed by atoms with Crippen LogP contribution in [0.25, 0.3) is 0 Å². The maximum atomic E-state index is 14.0. The van der Waals surface area contributed by atoms with Crippen molar-refractivity contribution in [2.75, 3.05) is 30.5 Å². The Hall–Kier alpha value is -3.85. The van der Waals surface area contributed by atoms with Gasteiger partial charge in [-0.2, -0.15) is 0 Å². The Morgan fingerprint density at radius 2 is 1.48 bits per heavy atom. The van der Waals surface area contributed by atoms with Crippen molar-refractivity contribution in [2.24, 2.45) is 5.92 Å². The molecule has 0 aliphatic heterocycles. The molecule has 0 saturated heterocycles. The fraction of sp³-hybridized carbons (Fsp3) is 0.355. The number of nitrogens with one attached hydrogen (secondary N) is 1. The van der Waals surface area contributed by atoms with Crippen molar-refractivity contribution in [2.45, 2.75) is 45.1 Å². The third-order valence-electron chi connectivity index (χ3n) is 6.38. The van der Waals surface area contributed by atoms with Gasteiger partial charge in [0.05, 0.1) is 17.2 Å². The summed E-state index contributed by atoms with van der Waals surface area (Å²) in [7, 11) is -4.15. The van der Waals surface area contributed by atoms with E-state index in [1.54, 1.807) is 56.3 Å². The van der Waals surface area contributed by atoms with Crippen molar-refractivity contribution < 1.29 is 22.7 Å². The van der Waals surface area contributed by atoms with Gasteiger partial charge < -0.3 is 15.0 Å². The molecule has 0 saturated carbocycles. The van der Waals surface area contributed by atoms with Gasteiger partial charge in [-0.1, -0.05) is 74.5 Å². The standard InChI is InChI=1S/C31H39N3O5S/c1-5-39-29-19-13-12-18-28(29)34(40(37,38)27-16-10-7-11-17-27)23-30(35)33(21-20-26-14-8-6-9-15-26)25(4)31(36)32-22-24(2)3/h6-19,24-25H,5,20-23H2,1-4H3,(H,32,36)/t25-/m1/s1. The first-order chi connectivity index (χ1) is 19.1. The van der Waals surface area contributed by atoms with Crippen molar-refractivity contribution in [3.63, 3.8) is 0 Å². The smallest absolute Gasteiger partial charge is 0.264 e. The Labute approximate surface area is 238 Å². The highest BCUT2D eigenvalue weighted by Gasteiger charge is 2.33. The second kappa shape index (κ2) is 14.5. The number of para-hydroxylation sites is 2. The van der Waals surface area contributed by atoms with Gasteiger partial charge in [0.2, 0.25) is 11.8 Å². The molecule has 3 aromatic carbocycles. The Balaban J connectivity index is 2.00. The van der Waals surface area contributed by atoms with E-state index in [0.29, 0.717) is 25.3 Å². The molecule has 3 rings (SSSR count). The lowest BCUT2D eigenvalue weighted by Gasteiger charge is -2.32. The molecule has 2 amide bonds. The van der Waals surface area contributed by atoms with Gasteiger partial charge in [-0.3, -0.25) is 13.9 Å². The number of carbonyl (C=O) groups is 2. The van der Waals surface area contributed by atoms with Crippen LogP contribution in [-0.2, 0) is 26.0 Å². The minimum atomic E-state index is -4.15. The van der Waals surface area contributed by atoms with E-state index in [0.717, 1.165) is 9.87 Å². The van der Waals surface area contributed by atoms with Gasteiger partial charge in [0.25, 0.3) is 10.0 Å². The summed E-state index contributed by atoms with van der Waals surface area (Å²) in [4.78, 5) is 28.5. The quantitative estimate of drug-likeness (QED) is 0.310. The highest BCUT2D eigenvalue weighted by molar-refractivity contribution is 7.92. The molecule has 0 fully saturated rings. The number of carbonyl (C=O) groups excluding carboxylic acids is 2. The summed E-state index contributed by atoms with van der Waals surface area (Å²) in [6.45, 7) is 7.99. The number of rotatable bonds is 14. The lowest BCUT2D eigenvalue weighted by molar-refractivity contribution is -0.138. The van der Waals surface area contributed by atoms with Crippen LogP contribution in [0.5, 0.6) is 5.75 Å². The van der Waals surface area contributed by atoms with E-state index in [4.69, 9.17) is 4.74 Å².